The van der Waals surface area contributed by atoms with Crippen LogP contribution in [-0.4, -0.2) is 33.2 Å². The number of nitrogens with zero attached hydrogens (tertiary/aromatic N) is 4. The van der Waals surface area contributed by atoms with Gasteiger partial charge in [0.25, 0.3) is 0 Å². The van der Waals surface area contributed by atoms with Crippen LogP contribution in [0, 0.1) is 5.92 Å². The molecule has 0 radical (unpaired) electrons. The van der Waals surface area contributed by atoms with Gasteiger partial charge in [-0.25, -0.2) is 9.50 Å². The van der Waals surface area contributed by atoms with E-state index in [-0.39, 0.29) is 11.3 Å². The number of nitrogens with two attached hydrogens (primary N) is 1. The Balaban J connectivity index is 2.40. The molecular formula is C15H23N5S. The van der Waals surface area contributed by atoms with E-state index >= 15 is 0 Å². The Labute approximate surface area is 131 Å². The molecule has 0 saturated carbocycles. The average molecular weight is 305 g/mol. The van der Waals surface area contributed by atoms with E-state index < -0.39 is 0 Å². The lowest BCUT2D eigenvalue weighted by atomic mass is 9.92. The minimum Gasteiger partial charge on any atom is -0.393 e. The maximum atomic E-state index is 5.70. The Morgan fingerprint density at radius 1 is 1.48 bits per heavy atom. The number of aromatic nitrogens is 3. The summed E-state index contributed by atoms with van der Waals surface area (Å²) in [5.41, 5.74) is 7.76. The van der Waals surface area contributed by atoms with Gasteiger partial charge in [0.15, 0.2) is 5.82 Å². The second kappa shape index (κ2) is 5.60. The smallest absolute Gasteiger partial charge is 0.154 e. The van der Waals surface area contributed by atoms with Gasteiger partial charge in [-0.05, 0) is 6.07 Å². The summed E-state index contributed by atoms with van der Waals surface area (Å²) in [5.74, 6) is 1.03. The number of hydrogen-bond acceptors (Lipinski definition) is 4. The molecule has 2 aromatic heterocycles. The van der Waals surface area contributed by atoms with Gasteiger partial charge < -0.3 is 10.6 Å². The topological polar surface area (TPSA) is 59.5 Å². The van der Waals surface area contributed by atoms with Gasteiger partial charge in [0, 0.05) is 37.3 Å². The SMILES string of the molecule is CC(CN(C)c1nccn2nc(C(C)(C)C)cc12)C(N)=S. The lowest BCUT2D eigenvalue weighted by Gasteiger charge is -2.22. The van der Waals surface area contributed by atoms with Crippen molar-refractivity contribution in [2.45, 2.75) is 33.1 Å². The van der Waals surface area contributed by atoms with Crippen LogP contribution in [0.4, 0.5) is 5.82 Å². The van der Waals surface area contributed by atoms with Gasteiger partial charge >= 0.3 is 0 Å². The summed E-state index contributed by atoms with van der Waals surface area (Å²) in [6.07, 6.45) is 3.64. The Bertz CT molecular complexity index is 656. The van der Waals surface area contributed by atoms with Crippen LogP contribution in [0.25, 0.3) is 5.52 Å². The zero-order valence-corrected chi connectivity index (χ0v) is 14.1. The fourth-order valence-electron chi connectivity index (χ4n) is 2.16. The normalized spacial score (nSPS) is 13.4. The molecule has 0 aliphatic carbocycles. The molecule has 0 aliphatic heterocycles. The molecule has 5 nitrogen and oxygen atoms in total. The molecule has 2 aromatic rings. The molecule has 0 amide bonds. The highest BCUT2D eigenvalue weighted by atomic mass is 32.1. The molecule has 0 spiro atoms. The van der Waals surface area contributed by atoms with Crippen molar-refractivity contribution in [2.24, 2.45) is 11.7 Å². The molecule has 21 heavy (non-hydrogen) atoms. The van der Waals surface area contributed by atoms with Gasteiger partial charge in [0.2, 0.25) is 0 Å². The van der Waals surface area contributed by atoms with Crippen molar-refractivity contribution in [1.29, 1.82) is 0 Å². The number of anilines is 1. The van der Waals surface area contributed by atoms with Gasteiger partial charge in [0.05, 0.1) is 10.7 Å². The molecule has 6 heteroatoms. The Hall–Kier alpha value is -1.69. The molecule has 114 valence electrons. The highest BCUT2D eigenvalue weighted by molar-refractivity contribution is 7.80. The van der Waals surface area contributed by atoms with E-state index in [1.807, 2.05) is 24.7 Å². The van der Waals surface area contributed by atoms with Crippen LogP contribution >= 0.6 is 12.2 Å². The summed E-state index contributed by atoms with van der Waals surface area (Å²) >= 11 is 5.05. The minimum absolute atomic E-state index is 0.00791. The van der Waals surface area contributed by atoms with Crippen LogP contribution in [0.2, 0.25) is 0 Å². The van der Waals surface area contributed by atoms with Gasteiger partial charge in [-0.3, -0.25) is 0 Å². The first-order chi connectivity index (χ1) is 9.70. The molecule has 0 fully saturated rings. The Morgan fingerprint density at radius 3 is 2.71 bits per heavy atom. The molecule has 1 unspecified atom stereocenters. The molecule has 0 bridgehead atoms. The average Bonchev–Trinajstić information content (AvgIpc) is 2.81. The zero-order chi connectivity index (χ0) is 15.8. The fraction of sp³-hybridized carbons (Fsp3) is 0.533. The Morgan fingerprint density at radius 2 is 2.14 bits per heavy atom. The van der Waals surface area contributed by atoms with Crippen molar-refractivity contribution >= 4 is 28.5 Å². The number of fused-ring (bicyclic) bond motifs is 1. The number of thiocarbonyl (C=S) groups is 1. The largest absolute Gasteiger partial charge is 0.393 e. The highest BCUT2D eigenvalue weighted by Crippen LogP contribution is 2.26. The summed E-state index contributed by atoms with van der Waals surface area (Å²) in [6, 6.07) is 2.10. The van der Waals surface area contributed by atoms with Crippen LogP contribution in [0.3, 0.4) is 0 Å². The van der Waals surface area contributed by atoms with Crippen LogP contribution in [0.1, 0.15) is 33.4 Å². The molecule has 2 rings (SSSR count). The molecule has 0 saturated heterocycles. The van der Waals surface area contributed by atoms with E-state index in [9.17, 15) is 0 Å². The third-order valence-electron chi connectivity index (χ3n) is 3.53. The van der Waals surface area contributed by atoms with Gasteiger partial charge in [-0.1, -0.05) is 39.9 Å². The van der Waals surface area contributed by atoms with Gasteiger partial charge in [-0.2, -0.15) is 5.10 Å². The maximum Gasteiger partial charge on any atom is 0.154 e. The lowest BCUT2D eigenvalue weighted by Crippen LogP contribution is -2.32. The zero-order valence-electron chi connectivity index (χ0n) is 13.3. The third kappa shape index (κ3) is 3.32. The Kier molecular flexibility index (Phi) is 4.18. The van der Waals surface area contributed by atoms with E-state index in [4.69, 9.17) is 18.0 Å². The van der Waals surface area contributed by atoms with Crippen LogP contribution in [0.5, 0.6) is 0 Å². The van der Waals surface area contributed by atoms with E-state index in [1.54, 1.807) is 6.20 Å². The number of rotatable bonds is 4. The van der Waals surface area contributed by atoms with E-state index in [0.717, 1.165) is 23.6 Å². The molecular weight excluding hydrogens is 282 g/mol. The van der Waals surface area contributed by atoms with Crippen LogP contribution in [0.15, 0.2) is 18.5 Å². The first-order valence-corrected chi connectivity index (χ1v) is 7.46. The monoisotopic (exact) mass is 305 g/mol. The predicted molar refractivity (Wildman–Crippen MR) is 90.9 cm³/mol. The molecule has 2 N–H and O–H groups in total. The van der Waals surface area contributed by atoms with Crippen molar-refractivity contribution in [3.05, 3.63) is 24.2 Å². The minimum atomic E-state index is 0.00791. The van der Waals surface area contributed by atoms with Crippen molar-refractivity contribution in [1.82, 2.24) is 14.6 Å². The van der Waals surface area contributed by atoms with Gasteiger partial charge in [0.1, 0.15) is 5.52 Å². The second-order valence-corrected chi connectivity index (χ2v) is 7.02. The summed E-state index contributed by atoms with van der Waals surface area (Å²) in [6.45, 7) is 9.22. The van der Waals surface area contributed by atoms with Gasteiger partial charge in [-0.15, -0.1) is 0 Å². The molecule has 1 atom stereocenters. The van der Waals surface area contributed by atoms with E-state index in [0.29, 0.717) is 4.99 Å². The first kappa shape index (κ1) is 15.7. The maximum absolute atomic E-state index is 5.70. The van der Waals surface area contributed by atoms with Crippen LogP contribution < -0.4 is 10.6 Å². The van der Waals surface area contributed by atoms with Crippen LogP contribution in [-0.2, 0) is 5.41 Å². The third-order valence-corrected chi connectivity index (χ3v) is 3.94. The molecule has 0 aromatic carbocycles. The summed E-state index contributed by atoms with van der Waals surface area (Å²) in [5, 5.41) is 4.64. The van der Waals surface area contributed by atoms with E-state index in [2.05, 4.69) is 41.8 Å². The van der Waals surface area contributed by atoms with Crippen molar-refractivity contribution in [3.8, 4) is 0 Å². The lowest BCUT2D eigenvalue weighted by molar-refractivity contribution is 0.562. The highest BCUT2D eigenvalue weighted by Gasteiger charge is 2.20. The molecule has 2 heterocycles. The van der Waals surface area contributed by atoms with E-state index in [1.165, 1.54) is 0 Å². The van der Waals surface area contributed by atoms with Crippen molar-refractivity contribution < 1.29 is 0 Å². The summed E-state index contributed by atoms with van der Waals surface area (Å²) < 4.78 is 1.88. The standard InChI is InChI=1S/C15H23N5S/c1-10(13(16)21)9-19(5)14-11-8-12(15(2,3)4)18-20(11)7-6-17-14/h6-8,10H,9H2,1-5H3,(H2,16,21). The summed E-state index contributed by atoms with van der Waals surface area (Å²) in [4.78, 5) is 7.10. The quantitative estimate of drug-likeness (QED) is 0.879. The molecule has 0 aliphatic rings. The first-order valence-electron chi connectivity index (χ1n) is 7.05. The fourth-order valence-corrected chi connectivity index (χ4v) is 2.23. The van der Waals surface area contributed by atoms with Crippen molar-refractivity contribution in [3.63, 3.8) is 0 Å². The second-order valence-electron chi connectivity index (χ2n) is 6.54. The predicted octanol–water partition coefficient (Wildman–Crippen LogP) is 2.39. The van der Waals surface area contributed by atoms with Crippen molar-refractivity contribution in [2.75, 3.05) is 18.5 Å². The summed E-state index contributed by atoms with van der Waals surface area (Å²) in [7, 11) is 2.00. The number of hydrogen-bond donors (Lipinski definition) is 1.